The largest absolute Gasteiger partial charge is 0.456 e. The van der Waals surface area contributed by atoms with E-state index in [1.54, 1.807) is 19.9 Å². The number of hydrogen-bond acceptors (Lipinski definition) is 8. The molecule has 0 radical (unpaired) electrons. The Morgan fingerprint density at radius 3 is 2.53 bits per heavy atom. The number of allylic oxidation sites excluding steroid dienone is 1. The van der Waals surface area contributed by atoms with Gasteiger partial charge < -0.3 is 24.4 Å². The van der Waals surface area contributed by atoms with Crippen molar-refractivity contribution < 1.29 is 38.8 Å². The third kappa shape index (κ3) is 2.95. The number of carbonyl (C=O) groups excluding carboxylic acids is 3. The molecule has 38 heavy (non-hydrogen) atoms. The van der Waals surface area contributed by atoms with Crippen LogP contribution in [-0.2, 0) is 28.6 Å². The molecule has 2 aliphatic heterocycles. The summed E-state index contributed by atoms with van der Waals surface area (Å²) in [5.74, 6) is -1.51. The molecule has 0 aromatic carbocycles. The van der Waals surface area contributed by atoms with Crippen LogP contribution in [0, 0.1) is 28.6 Å². The lowest BCUT2D eigenvalue weighted by atomic mass is 9.42. The maximum Gasteiger partial charge on any atom is 0.334 e. The Labute approximate surface area is 223 Å². The fourth-order valence-corrected chi connectivity index (χ4v) is 9.78. The first kappa shape index (κ1) is 26.2. The molecule has 0 bridgehead atoms. The zero-order chi connectivity index (χ0) is 27.6. The average molecular weight is 529 g/mol. The number of fused-ring (bicyclic) bond motifs is 4. The number of rotatable bonds is 3. The van der Waals surface area contributed by atoms with Gasteiger partial charge in [0.2, 0.25) is 0 Å². The molecular formula is C30H40O8. The van der Waals surface area contributed by atoms with Crippen LogP contribution in [0.5, 0.6) is 0 Å². The highest BCUT2D eigenvalue weighted by atomic mass is 16.7. The van der Waals surface area contributed by atoms with Crippen molar-refractivity contribution in [3.05, 3.63) is 23.3 Å². The Morgan fingerprint density at radius 2 is 1.87 bits per heavy atom. The molecule has 8 heteroatoms. The zero-order valence-corrected chi connectivity index (χ0v) is 23.2. The van der Waals surface area contributed by atoms with Crippen molar-refractivity contribution in [3.8, 4) is 0 Å². The first-order valence-corrected chi connectivity index (χ1v) is 14.0. The second-order valence-electron chi connectivity index (χ2n) is 13.5. The highest BCUT2D eigenvalue weighted by molar-refractivity contribution is 5.98. The summed E-state index contributed by atoms with van der Waals surface area (Å²) in [5, 5.41) is 24.6. The third-order valence-electron chi connectivity index (χ3n) is 12.1. The third-order valence-corrected chi connectivity index (χ3v) is 12.1. The topological polar surface area (TPSA) is 123 Å². The van der Waals surface area contributed by atoms with Gasteiger partial charge in [-0.2, -0.15) is 0 Å². The van der Waals surface area contributed by atoms with Crippen LogP contribution in [0.2, 0.25) is 0 Å². The van der Waals surface area contributed by atoms with Gasteiger partial charge in [0, 0.05) is 24.3 Å². The second-order valence-corrected chi connectivity index (χ2v) is 13.5. The molecule has 11 atom stereocenters. The van der Waals surface area contributed by atoms with Crippen molar-refractivity contribution in [2.24, 2.45) is 28.6 Å². The number of ketones is 1. The van der Waals surface area contributed by atoms with E-state index < -0.39 is 51.8 Å². The Kier molecular flexibility index (Phi) is 5.37. The normalized spacial score (nSPS) is 50.7. The van der Waals surface area contributed by atoms with E-state index in [9.17, 15) is 24.6 Å². The van der Waals surface area contributed by atoms with Crippen LogP contribution in [0.15, 0.2) is 23.3 Å². The lowest BCUT2D eigenvalue weighted by molar-refractivity contribution is -0.224. The second kappa shape index (κ2) is 7.79. The summed E-state index contributed by atoms with van der Waals surface area (Å²) >= 11 is 0. The monoisotopic (exact) mass is 528 g/mol. The Bertz CT molecular complexity index is 1180. The van der Waals surface area contributed by atoms with Crippen LogP contribution in [0.4, 0.5) is 0 Å². The molecule has 3 saturated carbocycles. The SMILES string of the molecule is CC(=O)O[C@H]1C=CC(=O)[C@]2(C)[C@H]3CC[C@]4(C)[C@@H]([C@@](C)(O)[C@H]5CC(C)=C(C)C(=O)O5)CC[C@@]4(O)[C@@H]3C[C@H]3O[C@]132. The summed E-state index contributed by atoms with van der Waals surface area (Å²) < 4.78 is 17.7. The van der Waals surface area contributed by atoms with Crippen molar-refractivity contribution in [1.29, 1.82) is 0 Å². The minimum absolute atomic E-state index is 0.0430. The summed E-state index contributed by atoms with van der Waals surface area (Å²) in [4.78, 5) is 38.0. The molecule has 1 spiro atoms. The number of cyclic esters (lactones) is 1. The van der Waals surface area contributed by atoms with E-state index in [2.05, 4.69) is 6.92 Å². The smallest absolute Gasteiger partial charge is 0.334 e. The molecule has 0 amide bonds. The van der Waals surface area contributed by atoms with E-state index >= 15 is 0 Å². The standard InChI is InChI=1S/C30H40O8/c1-15-13-23(37-25(33)16(15)2)28(6,34)20-10-12-29(35)19-14-24-30(38-24)22(36-17(3)31)8-7-21(32)27(30,5)18(19)9-11-26(20,29)4/h7-8,18-20,22-24,34-35H,9-14H2,1-6H3/t18-,19+,20-,22-,23+,24+,26+,27-,28+,29+,30+/m0/s1. The molecule has 4 fully saturated rings. The van der Waals surface area contributed by atoms with E-state index in [-0.39, 0.29) is 29.6 Å². The number of epoxide rings is 1. The van der Waals surface area contributed by atoms with Gasteiger partial charge >= 0.3 is 11.9 Å². The summed E-state index contributed by atoms with van der Waals surface area (Å²) in [5.41, 5.74) is -3.39. The predicted octanol–water partition coefficient (Wildman–Crippen LogP) is 3.18. The quantitative estimate of drug-likeness (QED) is 0.423. The van der Waals surface area contributed by atoms with Crippen LogP contribution in [0.3, 0.4) is 0 Å². The van der Waals surface area contributed by atoms with E-state index in [0.29, 0.717) is 44.1 Å². The Morgan fingerprint density at radius 1 is 1.16 bits per heavy atom. The van der Waals surface area contributed by atoms with Crippen LogP contribution >= 0.6 is 0 Å². The Balaban J connectivity index is 1.34. The fraction of sp³-hybridized carbons (Fsp3) is 0.767. The molecular weight excluding hydrogens is 488 g/mol. The molecule has 2 heterocycles. The summed E-state index contributed by atoms with van der Waals surface area (Å²) in [6.45, 7) is 10.8. The van der Waals surface area contributed by atoms with Crippen molar-refractivity contribution in [2.75, 3.05) is 0 Å². The number of esters is 2. The van der Waals surface area contributed by atoms with Gasteiger partial charge in [-0.05, 0) is 89.7 Å². The number of carbonyl (C=O) groups is 3. The molecule has 208 valence electrons. The lowest BCUT2D eigenvalue weighted by Crippen LogP contribution is -2.69. The molecule has 2 N–H and O–H groups in total. The summed E-state index contributed by atoms with van der Waals surface area (Å²) in [6.07, 6.45) is 4.99. The number of ether oxygens (including phenoxy) is 3. The van der Waals surface area contributed by atoms with Gasteiger partial charge in [-0.1, -0.05) is 12.5 Å². The van der Waals surface area contributed by atoms with Gasteiger partial charge in [0.1, 0.15) is 17.3 Å². The van der Waals surface area contributed by atoms with Gasteiger partial charge in [0.05, 0.1) is 17.1 Å². The van der Waals surface area contributed by atoms with Crippen molar-refractivity contribution in [1.82, 2.24) is 0 Å². The van der Waals surface area contributed by atoms with Gasteiger partial charge in [0.25, 0.3) is 0 Å². The fourth-order valence-electron chi connectivity index (χ4n) is 9.78. The molecule has 8 nitrogen and oxygen atoms in total. The first-order valence-electron chi connectivity index (χ1n) is 14.0. The summed E-state index contributed by atoms with van der Waals surface area (Å²) in [7, 11) is 0. The van der Waals surface area contributed by atoms with E-state index in [1.165, 1.54) is 13.0 Å². The molecule has 0 aromatic heterocycles. The molecule has 6 rings (SSSR count). The summed E-state index contributed by atoms with van der Waals surface area (Å²) in [6, 6.07) is 0. The van der Waals surface area contributed by atoms with E-state index in [4.69, 9.17) is 14.2 Å². The average Bonchev–Trinajstić information content (AvgIpc) is 3.50. The maximum atomic E-state index is 13.6. The van der Waals surface area contributed by atoms with Crippen molar-refractivity contribution >= 4 is 17.7 Å². The zero-order valence-electron chi connectivity index (χ0n) is 23.2. The number of hydrogen-bond donors (Lipinski definition) is 2. The van der Waals surface area contributed by atoms with Gasteiger partial charge in [0.15, 0.2) is 11.9 Å². The van der Waals surface area contributed by atoms with Crippen LogP contribution in [0.1, 0.15) is 80.1 Å². The van der Waals surface area contributed by atoms with E-state index in [0.717, 1.165) is 5.57 Å². The van der Waals surface area contributed by atoms with Gasteiger partial charge in [-0.15, -0.1) is 0 Å². The lowest BCUT2D eigenvalue weighted by Gasteiger charge is -2.62. The molecule has 0 aromatic rings. The van der Waals surface area contributed by atoms with Crippen molar-refractivity contribution in [2.45, 2.75) is 115 Å². The Hall–Kier alpha value is -2.03. The highest BCUT2D eigenvalue weighted by Gasteiger charge is 2.83. The van der Waals surface area contributed by atoms with E-state index in [1.807, 2.05) is 13.8 Å². The highest BCUT2D eigenvalue weighted by Crippen LogP contribution is 2.74. The predicted molar refractivity (Wildman–Crippen MR) is 136 cm³/mol. The van der Waals surface area contributed by atoms with Gasteiger partial charge in [-0.25, -0.2) is 4.79 Å². The molecule has 4 aliphatic carbocycles. The van der Waals surface area contributed by atoms with Crippen molar-refractivity contribution in [3.63, 3.8) is 0 Å². The maximum absolute atomic E-state index is 13.6. The minimum Gasteiger partial charge on any atom is -0.456 e. The molecule has 6 aliphatic rings. The first-order chi connectivity index (χ1) is 17.6. The molecule has 0 unspecified atom stereocenters. The minimum atomic E-state index is -1.33. The van der Waals surface area contributed by atoms with Crippen LogP contribution < -0.4 is 0 Å². The van der Waals surface area contributed by atoms with Crippen LogP contribution in [0.25, 0.3) is 0 Å². The van der Waals surface area contributed by atoms with Gasteiger partial charge in [-0.3, -0.25) is 9.59 Å². The molecule has 1 saturated heterocycles. The number of aliphatic hydroxyl groups is 2. The van der Waals surface area contributed by atoms with Crippen LogP contribution in [-0.4, -0.2) is 63.0 Å².